The van der Waals surface area contributed by atoms with Crippen LogP contribution in [0.4, 0.5) is 0 Å². The first kappa shape index (κ1) is 13.8. The summed E-state index contributed by atoms with van der Waals surface area (Å²) in [6.45, 7) is 3.07. The molecule has 2 aliphatic rings. The number of piperidine rings is 1. The van der Waals surface area contributed by atoms with Crippen molar-refractivity contribution in [3.8, 4) is 0 Å². The SMILES string of the molecule is CN1CCCC(CNC(=O)C2(N)CCCCC2)C1. The van der Waals surface area contributed by atoms with E-state index >= 15 is 0 Å². The van der Waals surface area contributed by atoms with E-state index in [9.17, 15) is 4.79 Å². The predicted octanol–water partition coefficient (Wildman–Crippen LogP) is 1.11. The molecule has 1 heterocycles. The molecule has 2 fully saturated rings. The summed E-state index contributed by atoms with van der Waals surface area (Å²) in [6.07, 6.45) is 7.58. The number of nitrogens with zero attached hydrogens (tertiary/aromatic N) is 1. The summed E-state index contributed by atoms with van der Waals surface area (Å²) in [6, 6.07) is 0. The monoisotopic (exact) mass is 253 g/mol. The van der Waals surface area contributed by atoms with Crippen molar-refractivity contribution in [3.05, 3.63) is 0 Å². The van der Waals surface area contributed by atoms with E-state index in [0.717, 1.165) is 38.8 Å². The Hall–Kier alpha value is -0.610. The van der Waals surface area contributed by atoms with Crippen LogP contribution in [0.2, 0.25) is 0 Å². The van der Waals surface area contributed by atoms with Crippen molar-refractivity contribution < 1.29 is 4.79 Å². The molecule has 0 aromatic rings. The molecule has 1 amide bonds. The second kappa shape index (κ2) is 6.02. The lowest BCUT2D eigenvalue weighted by molar-refractivity contribution is -0.127. The Balaban J connectivity index is 1.76. The molecule has 0 aromatic heterocycles. The second-order valence-electron chi connectivity index (χ2n) is 6.20. The predicted molar refractivity (Wildman–Crippen MR) is 73.2 cm³/mol. The fourth-order valence-electron chi connectivity index (χ4n) is 3.26. The van der Waals surface area contributed by atoms with E-state index in [2.05, 4.69) is 17.3 Å². The first-order valence-electron chi connectivity index (χ1n) is 7.36. The zero-order valence-electron chi connectivity index (χ0n) is 11.6. The maximum absolute atomic E-state index is 12.2. The number of rotatable bonds is 3. The fourth-order valence-corrected chi connectivity index (χ4v) is 3.26. The standard InChI is InChI=1S/C14H27N3O/c1-17-9-5-6-12(11-17)10-16-13(18)14(15)7-3-2-4-8-14/h12H,2-11,15H2,1H3,(H,16,18). The van der Waals surface area contributed by atoms with Crippen LogP contribution in [0.25, 0.3) is 0 Å². The molecular weight excluding hydrogens is 226 g/mol. The second-order valence-corrected chi connectivity index (χ2v) is 6.20. The third-order valence-corrected chi connectivity index (χ3v) is 4.47. The van der Waals surface area contributed by atoms with Gasteiger partial charge in [-0.3, -0.25) is 4.79 Å². The molecule has 4 nitrogen and oxygen atoms in total. The summed E-state index contributed by atoms with van der Waals surface area (Å²) in [5.41, 5.74) is 5.64. The Morgan fingerprint density at radius 2 is 2.06 bits per heavy atom. The zero-order chi connectivity index (χ0) is 13.0. The first-order chi connectivity index (χ1) is 8.60. The van der Waals surface area contributed by atoms with Gasteiger partial charge in [0.2, 0.25) is 5.91 Å². The minimum absolute atomic E-state index is 0.0791. The van der Waals surface area contributed by atoms with Crippen LogP contribution in [0.3, 0.4) is 0 Å². The molecule has 0 aromatic carbocycles. The van der Waals surface area contributed by atoms with Gasteiger partial charge in [0, 0.05) is 13.1 Å². The number of nitrogens with one attached hydrogen (secondary N) is 1. The van der Waals surface area contributed by atoms with Crippen LogP contribution in [0.15, 0.2) is 0 Å². The molecule has 2 rings (SSSR count). The number of likely N-dealkylation sites (tertiary alicyclic amines) is 1. The van der Waals surface area contributed by atoms with Crippen LogP contribution >= 0.6 is 0 Å². The van der Waals surface area contributed by atoms with E-state index < -0.39 is 5.54 Å². The van der Waals surface area contributed by atoms with Crippen LogP contribution in [0, 0.1) is 5.92 Å². The first-order valence-corrected chi connectivity index (χ1v) is 7.36. The van der Waals surface area contributed by atoms with Gasteiger partial charge in [-0.15, -0.1) is 0 Å². The maximum atomic E-state index is 12.2. The van der Waals surface area contributed by atoms with Gasteiger partial charge in [0.1, 0.15) is 0 Å². The van der Waals surface area contributed by atoms with Crippen molar-refractivity contribution in [2.45, 2.75) is 50.5 Å². The molecule has 1 saturated heterocycles. The highest BCUT2D eigenvalue weighted by molar-refractivity contribution is 5.86. The van der Waals surface area contributed by atoms with Gasteiger partial charge in [-0.05, 0) is 45.2 Å². The number of carbonyl (C=O) groups is 1. The van der Waals surface area contributed by atoms with Crippen molar-refractivity contribution in [3.63, 3.8) is 0 Å². The molecule has 104 valence electrons. The van der Waals surface area contributed by atoms with E-state index in [1.807, 2.05) is 0 Å². The van der Waals surface area contributed by atoms with Crippen LogP contribution in [0.1, 0.15) is 44.9 Å². The van der Waals surface area contributed by atoms with Gasteiger partial charge in [0.25, 0.3) is 0 Å². The molecule has 1 saturated carbocycles. The van der Waals surface area contributed by atoms with Crippen LogP contribution in [-0.4, -0.2) is 43.0 Å². The van der Waals surface area contributed by atoms with Crippen LogP contribution in [-0.2, 0) is 4.79 Å². The normalized spacial score (nSPS) is 28.9. The van der Waals surface area contributed by atoms with Gasteiger partial charge in [0.15, 0.2) is 0 Å². The average Bonchev–Trinajstić information content (AvgIpc) is 2.37. The number of carbonyl (C=O) groups excluding carboxylic acids is 1. The summed E-state index contributed by atoms with van der Waals surface area (Å²) < 4.78 is 0. The summed E-state index contributed by atoms with van der Waals surface area (Å²) in [4.78, 5) is 14.5. The Kier molecular flexibility index (Phi) is 4.62. The molecular formula is C14H27N3O. The van der Waals surface area contributed by atoms with Gasteiger partial charge in [-0.2, -0.15) is 0 Å². The third-order valence-electron chi connectivity index (χ3n) is 4.47. The molecule has 18 heavy (non-hydrogen) atoms. The van der Waals surface area contributed by atoms with Crippen LogP contribution in [0.5, 0.6) is 0 Å². The summed E-state index contributed by atoms with van der Waals surface area (Å²) in [5, 5.41) is 3.09. The van der Waals surface area contributed by atoms with Gasteiger partial charge in [0.05, 0.1) is 5.54 Å². The Morgan fingerprint density at radius 3 is 2.72 bits per heavy atom. The van der Waals surface area contributed by atoms with E-state index in [4.69, 9.17) is 5.73 Å². The molecule has 3 N–H and O–H groups in total. The molecule has 4 heteroatoms. The van der Waals surface area contributed by atoms with Gasteiger partial charge in [-0.1, -0.05) is 19.3 Å². The lowest BCUT2D eigenvalue weighted by Crippen LogP contribution is -2.56. The van der Waals surface area contributed by atoms with Crippen molar-refractivity contribution in [2.75, 3.05) is 26.7 Å². The smallest absolute Gasteiger partial charge is 0.240 e. The van der Waals surface area contributed by atoms with E-state index in [1.54, 1.807) is 0 Å². The molecule has 0 bridgehead atoms. The Labute approximate surface area is 110 Å². The fraction of sp³-hybridized carbons (Fsp3) is 0.929. The number of amides is 1. The van der Waals surface area contributed by atoms with Crippen molar-refractivity contribution in [1.29, 1.82) is 0 Å². The van der Waals surface area contributed by atoms with Crippen LogP contribution < -0.4 is 11.1 Å². The average molecular weight is 253 g/mol. The zero-order valence-corrected chi connectivity index (χ0v) is 11.6. The molecule has 1 aliphatic carbocycles. The molecule has 1 unspecified atom stereocenters. The lowest BCUT2D eigenvalue weighted by Gasteiger charge is -2.34. The van der Waals surface area contributed by atoms with Gasteiger partial charge in [-0.25, -0.2) is 0 Å². The lowest BCUT2D eigenvalue weighted by atomic mass is 9.82. The molecule has 0 radical (unpaired) electrons. The van der Waals surface area contributed by atoms with Crippen molar-refractivity contribution >= 4 is 5.91 Å². The van der Waals surface area contributed by atoms with Crippen molar-refractivity contribution in [1.82, 2.24) is 10.2 Å². The highest BCUT2D eigenvalue weighted by atomic mass is 16.2. The topological polar surface area (TPSA) is 58.4 Å². The molecule has 1 atom stereocenters. The van der Waals surface area contributed by atoms with Crippen molar-refractivity contribution in [2.24, 2.45) is 11.7 Å². The summed E-state index contributed by atoms with van der Waals surface area (Å²) in [7, 11) is 2.15. The number of nitrogens with two attached hydrogens (primary N) is 1. The van der Waals surface area contributed by atoms with Gasteiger partial charge < -0.3 is 16.0 Å². The largest absolute Gasteiger partial charge is 0.354 e. The number of hydrogen-bond donors (Lipinski definition) is 2. The number of hydrogen-bond acceptors (Lipinski definition) is 3. The maximum Gasteiger partial charge on any atom is 0.240 e. The highest BCUT2D eigenvalue weighted by Crippen LogP contribution is 2.26. The summed E-state index contributed by atoms with van der Waals surface area (Å²) in [5.74, 6) is 0.676. The summed E-state index contributed by atoms with van der Waals surface area (Å²) >= 11 is 0. The Morgan fingerprint density at radius 1 is 1.33 bits per heavy atom. The third kappa shape index (κ3) is 3.45. The quantitative estimate of drug-likeness (QED) is 0.792. The van der Waals surface area contributed by atoms with E-state index in [0.29, 0.717) is 5.92 Å². The molecule has 0 spiro atoms. The van der Waals surface area contributed by atoms with E-state index in [1.165, 1.54) is 25.8 Å². The van der Waals surface area contributed by atoms with Gasteiger partial charge >= 0.3 is 0 Å². The van der Waals surface area contributed by atoms with E-state index in [-0.39, 0.29) is 5.91 Å². The Bertz CT molecular complexity index is 287. The molecule has 1 aliphatic heterocycles. The highest BCUT2D eigenvalue weighted by Gasteiger charge is 2.35. The minimum Gasteiger partial charge on any atom is -0.354 e. The minimum atomic E-state index is -0.585.